The van der Waals surface area contributed by atoms with E-state index in [9.17, 15) is 9.59 Å². The van der Waals surface area contributed by atoms with Gasteiger partial charge in [0.15, 0.2) is 6.29 Å². The molecule has 0 amide bonds. The average Bonchev–Trinajstić information content (AvgIpc) is 2.50. The molecule has 0 saturated carbocycles. The summed E-state index contributed by atoms with van der Waals surface area (Å²) in [5.74, 6) is -0.868. The van der Waals surface area contributed by atoms with E-state index in [1.54, 1.807) is 0 Å². The first-order chi connectivity index (χ1) is 5.29. The van der Waals surface area contributed by atoms with Crippen LogP contribution in [0.4, 0.5) is 0 Å². The molecule has 0 spiro atoms. The molecule has 11 heavy (non-hydrogen) atoms. The Morgan fingerprint density at radius 1 is 1.82 bits per heavy atom. The Balaban J connectivity index is 3.01. The summed E-state index contributed by atoms with van der Waals surface area (Å²) in [4.78, 5) is 20.9. The van der Waals surface area contributed by atoms with E-state index >= 15 is 0 Å². The van der Waals surface area contributed by atoms with Crippen LogP contribution in [0.5, 0.6) is 0 Å². The lowest BCUT2D eigenvalue weighted by atomic mass is 10.3. The van der Waals surface area contributed by atoms with Crippen LogP contribution in [0.25, 0.3) is 0 Å². The minimum atomic E-state index is -0.704. The van der Waals surface area contributed by atoms with Gasteiger partial charge in [-0.25, -0.2) is 4.79 Å². The molecule has 1 heterocycles. The summed E-state index contributed by atoms with van der Waals surface area (Å²) in [5.41, 5.74) is 0.0943. The van der Waals surface area contributed by atoms with Crippen LogP contribution in [0, 0.1) is 0 Å². The molecule has 0 bridgehead atoms. The molecule has 0 N–H and O–H groups in total. The van der Waals surface area contributed by atoms with Crippen LogP contribution < -0.4 is 0 Å². The lowest BCUT2D eigenvalue weighted by Gasteiger charge is -1.91. The minimum Gasteiger partial charge on any atom is -0.463 e. The smallest absolute Gasteiger partial charge is 0.377 e. The molecule has 5 nitrogen and oxygen atoms in total. The van der Waals surface area contributed by atoms with E-state index in [2.05, 4.69) is 14.4 Å². The topological polar surface area (TPSA) is 69.4 Å². The highest BCUT2D eigenvalue weighted by molar-refractivity contribution is 5.95. The van der Waals surface area contributed by atoms with Crippen LogP contribution in [-0.4, -0.2) is 24.5 Å². The molecule has 0 saturated heterocycles. The standard InChI is InChI=1S/C6H5NO4/c1-10-6(9)5-4(3-8)2-7-11-5/h2-3H,1H3. The van der Waals surface area contributed by atoms with E-state index < -0.39 is 5.97 Å². The van der Waals surface area contributed by atoms with Crippen molar-refractivity contribution in [3.05, 3.63) is 17.5 Å². The van der Waals surface area contributed by atoms with Gasteiger partial charge in [0.05, 0.1) is 18.9 Å². The van der Waals surface area contributed by atoms with E-state index in [0.29, 0.717) is 6.29 Å². The highest BCUT2D eigenvalue weighted by Gasteiger charge is 2.16. The maximum atomic E-state index is 10.7. The van der Waals surface area contributed by atoms with E-state index in [-0.39, 0.29) is 11.3 Å². The van der Waals surface area contributed by atoms with Crippen LogP contribution >= 0.6 is 0 Å². The molecular weight excluding hydrogens is 150 g/mol. The zero-order valence-electron chi connectivity index (χ0n) is 5.73. The van der Waals surface area contributed by atoms with Crippen molar-refractivity contribution >= 4 is 12.3 Å². The zero-order valence-corrected chi connectivity index (χ0v) is 5.73. The fraction of sp³-hybridized carbons (Fsp3) is 0.167. The Morgan fingerprint density at radius 3 is 3.09 bits per heavy atom. The number of esters is 1. The molecule has 0 aliphatic heterocycles. The molecule has 0 fully saturated rings. The normalized spacial score (nSPS) is 9.18. The van der Waals surface area contributed by atoms with Crippen molar-refractivity contribution in [1.82, 2.24) is 5.16 Å². The summed E-state index contributed by atoms with van der Waals surface area (Å²) in [6.45, 7) is 0. The van der Waals surface area contributed by atoms with Crippen LogP contribution in [0.15, 0.2) is 10.7 Å². The SMILES string of the molecule is COC(=O)c1oncc1C=O. The minimum absolute atomic E-state index is 0.0943. The fourth-order valence-electron chi connectivity index (χ4n) is 0.579. The van der Waals surface area contributed by atoms with Gasteiger partial charge in [0.2, 0.25) is 0 Å². The second-order valence-electron chi connectivity index (χ2n) is 1.72. The first-order valence-electron chi connectivity index (χ1n) is 2.77. The zero-order chi connectivity index (χ0) is 8.27. The maximum absolute atomic E-state index is 10.7. The third kappa shape index (κ3) is 1.26. The van der Waals surface area contributed by atoms with Gasteiger partial charge in [-0.15, -0.1) is 0 Å². The lowest BCUT2D eigenvalue weighted by Crippen LogP contribution is -2.02. The number of rotatable bonds is 2. The van der Waals surface area contributed by atoms with Gasteiger partial charge in [-0.2, -0.15) is 0 Å². The summed E-state index contributed by atoms with van der Waals surface area (Å²) in [7, 11) is 1.19. The fourth-order valence-corrected chi connectivity index (χ4v) is 0.579. The van der Waals surface area contributed by atoms with Crippen molar-refractivity contribution in [2.75, 3.05) is 7.11 Å². The second-order valence-corrected chi connectivity index (χ2v) is 1.72. The van der Waals surface area contributed by atoms with E-state index in [0.717, 1.165) is 6.20 Å². The number of hydrogen-bond donors (Lipinski definition) is 0. The molecule has 5 heteroatoms. The van der Waals surface area contributed by atoms with Crippen molar-refractivity contribution in [2.24, 2.45) is 0 Å². The van der Waals surface area contributed by atoms with Crippen molar-refractivity contribution in [2.45, 2.75) is 0 Å². The largest absolute Gasteiger partial charge is 0.463 e. The summed E-state index contributed by atoms with van der Waals surface area (Å²) < 4.78 is 8.76. The first-order valence-corrected chi connectivity index (χ1v) is 2.77. The predicted molar refractivity (Wildman–Crippen MR) is 33.2 cm³/mol. The number of nitrogens with zero attached hydrogens (tertiary/aromatic N) is 1. The highest BCUT2D eigenvalue weighted by Crippen LogP contribution is 2.05. The van der Waals surface area contributed by atoms with Crippen molar-refractivity contribution < 1.29 is 18.8 Å². The Labute approximate surface area is 61.9 Å². The number of hydrogen-bond acceptors (Lipinski definition) is 5. The van der Waals surface area contributed by atoms with Crippen LogP contribution in [0.3, 0.4) is 0 Å². The molecule has 58 valence electrons. The van der Waals surface area contributed by atoms with Gasteiger partial charge in [-0.05, 0) is 0 Å². The van der Waals surface area contributed by atoms with Crippen molar-refractivity contribution in [3.63, 3.8) is 0 Å². The van der Waals surface area contributed by atoms with Gasteiger partial charge in [-0.1, -0.05) is 5.16 Å². The molecule has 0 unspecified atom stereocenters. The molecule has 0 aromatic carbocycles. The van der Waals surface area contributed by atoms with Gasteiger partial charge in [-0.3, -0.25) is 4.79 Å². The number of carbonyl (C=O) groups is 2. The number of carbonyl (C=O) groups excluding carboxylic acids is 2. The monoisotopic (exact) mass is 155 g/mol. The Kier molecular flexibility index (Phi) is 2.00. The number of ether oxygens (including phenoxy) is 1. The van der Waals surface area contributed by atoms with Gasteiger partial charge < -0.3 is 9.26 Å². The van der Waals surface area contributed by atoms with Crippen LogP contribution in [0.1, 0.15) is 20.9 Å². The van der Waals surface area contributed by atoms with Crippen LogP contribution in [0.2, 0.25) is 0 Å². The molecule has 0 atom stereocenters. The summed E-state index contributed by atoms with van der Waals surface area (Å²) in [5, 5.41) is 3.25. The van der Waals surface area contributed by atoms with E-state index in [4.69, 9.17) is 0 Å². The molecule has 1 rings (SSSR count). The van der Waals surface area contributed by atoms with Gasteiger partial charge >= 0.3 is 5.97 Å². The lowest BCUT2D eigenvalue weighted by molar-refractivity contribution is 0.0552. The van der Waals surface area contributed by atoms with Gasteiger partial charge in [0, 0.05) is 0 Å². The number of methoxy groups -OCH3 is 1. The average molecular weight is 155 g/mol. The number of aldehydes is 1. The molecule has 0 aliphatic carbocycles. The summed E-state index contributed by atoms with van der Waals surface area (Å²) in [6.07, 6.45) is 1.63. The molecular formula is C6H5NO4. The van der Waals surface area contributed by atoms with Crippen LogP contribution in [-0.2, 0) is 4.74 Å². The molecule has 0 radical (unpaired) electrons. The summed E-state index contributed by atoms with van der Waals surface area (Å²) >= 11 is 0. The molecule has 0 aliphatic rings. The first kappa shape index (κ1) is 7.46. The molecule has 1 aromatic rings. The Hall–Kier alpha value is -1.65. The van der Waals surface area contributed by atoms with Gasteiger partial charge in [0.1, 0.15) is 0 Å². The van der Waals surface area contributed by atoms with E-state index in [1.807, 2.05) is 0 Å². The van der Waals surface area contributed by atoms with Crippen molar-refractivity contribution in [1.29, 1.82) is 0 Å². The third-order valence-corrected chi connectivity index (χ3v) is 1.10. The predicted octanol–water partition coefficient (Wildman–Crippen LogP) is 0.274. The number of aromatic nitrogens is 1. The second kappa shape index (κ2) is 2.96. The highest BCUT2D eigenvalue weighted by atomic mass is 16.5. The Morgan fingerprint density at radius 2 is 2.55 bits per heavy atom. The quantitative estimate of drug-likeness (QED) is 0.453. The maximum Gasteiger partial charge on any atom is 0.377 e. The van der Waals surface area contributed by atoms with Crippen molar-refractivity contribution in [3.8, 4) is 0 Å². The van der Waals surface area contributed by atoms with Gasteiger partial charge in [0.25, 0.3) is 5.76 Å². The Bertz CT molecular complexity index is 278. The van der Waals surface area contributed by atoms with E-state index in [1.165, 1.54) is 7.11 Å². The summed E-state index contributed by atoms with van der Waals surface area (Å²) in [6, 6.07) is 0. The third-order valence-electron chi connectivity index (χ3n) is 1.10. The molecule has 1 aromatic heterocycles.